The monoisotopic (exact) mass is 553 g/mol. The summed E-state index contributed by atoms with van der Waals surface area (Å²) in [5, 5.41) is 2.84. The number of anilines is 1. The van der Waals surface area contributed by atoms with Gasteiger partial charge in [0.05, 0.1) is 24.8 Å². The van der Waals surface area contributed by atoms with Crippen LogP contribution in [0.5, 0.6) is 11.5 Å². The third kappa shape index (κ3) is 7.51. The van der Waals surface area contributed by atoms with E-state index in [4.69, 9.17) is 9.47 Å². The van der Waals surface area contributed by atoms with E-state index in [0.717, 1.165) is 9.87 Å². The molecule has 0 aliphatic carbocycles. The van der Waals surface area contributed by atoms with Crippen LogP contribution in [0.1, 0.15) is 26.3 Å². The van der Waals surface area contributed by atoms with Gasteiger partial charge in [0.15, 0.2) is 0 Å². The van der Waals surface area contributed by atoms with Gasteiger partial charge in [-0.2, -0.15) is 0 Å². The van der Waals surface area contributed by atoms with Crippen LogP contribution in [0, 0.1) is 0 Å². The Morgan fingerprint density at radius 1 is 0.821 bits per heavy atom. The second-order valence-corrected chi connectivity index (χ2v) is 11.1. The zero-order valence-corrected chi connectivity index (χ0v) is 23.6. The van der Waals surface area contributed by atoms with Gasteiger partial charge in [0.25, 0.3) is 10.0 Å². The van der Waals surface area contributed by atoms with Crippen molar-refractivity contribution in [2.45, 2.75) is 44.3 Å². The summed E-state index contributed by atoms with van der Waals surface area (Å²) >= 11 is 0. The lowest BCUT2D eigenvalue weighted by Crippen LogP contribution is -2.52. The van der Waals surface area contributed by atoms with Crippen LogP contribution in [0.4, 0.5) is 5.69 Å². The fourth-order valence-electron chi connectivity index (χ4n) is 3.91. The van der Waals surface area contributed by atoms with Crippen molar-refractivity contribution in [3.8, 4) is 11.5 Å². The molecule has 3 aromatic carbocycles. The van der Waals surface area contributed by atoms with Gasteiger partial charge in [0, 0.05) is 12.6 Å². The van der Waals surface area contributed by atoms with Crippen LogP contribution >= 0.6 is 0 Å². The maximum Gasteiger partial charge on any atom is 0.264 e. The topological polar surface area (TPSA) is 105 Å². The van der Waals surface area contributed by atoms with Gasteiger partial charge in [-0.15, -0.1) is 0 Å². The average molecular weight is 554 g/mol. The number of ether oxygens (including phenoxy) is 2. The highest BCUT2D eigenvalue weighted by atomic mass is 32.2. The minimum atomic E-state index is -4.14. The second kappa shape index (κ2) is 13.1. The zero-order chi connectivity index (χ0) is 28.6. The number of nitrogens with zero attached hydrogens (tertiary/aromatic N) is 2. The fraction of sp³-hybridized carbons (Fsp3) is 0.310. The van der Waals surface area contributed by atoms with Crippen molar-refractivity contribution in [1.29, 1.82) is 0 Å². The summed E-state index contributed by atoms with van der Waals surface area (Å²) in [6.45, 7) is 4.89. The Labute approximate surface area is 230 Å². The number of methoxy groups -OCH3 is 2. The van der Waals surface area contributed by atoms with Crippen molar-refractivity contribution in [1.82, 2.24) is 10.2 Å². The number of hydrogen-bond acceptors (Lipinski definition) is 6. The van der Waals surface area contributed by atoms with Crippen molar-refractivity contribution in [3.63, 3.8) is 0 Å². The highest BCUT2D eigenvalue weighted by Crippen LogP contribution is 2.26. The number of amides is 2. The van der Waals surface area contributed by atoms with Crippen molar-refractivity contribution in [2.75, 3.05) is 25.1 Å². The van der Waals surface area contributed by atoms with E-state index in [9.17, 15) is 18.0 Å². The molecule has 0 heterocycles. The van der Waals surface area contributed by atoms with E-state index in [2.05, 4.69) is 5.32 Å². The van der Waals surface area contributed by atoms with E-state index < -0.39 is 28.5 Å². The molecule has 0 saturated carbocycles. The Morgan fingerprint density at radius 3 is 1.87 bits per heavy atom. The molecule has 2 amide bonds. The molecule has 10 heteroatoms. The fourth-order valence-corrected chi connectivity index (χ4v) is 5.33. The number of hydrogen-bond donors (Lipinski definition) is 1. The molecule has 0 fully saturated rings. The molecule has 39 heavy (non-hydrogen) atoms. The maximum atomic E-state index is 13.9. The molecule has 0 aliphatic heterocycles. The van der Waals surface area contributed by atoms with Crippen LogP contribution in [-0.2, 0) is 26.2 Å². The van der Waals surface area contributed by atoms with E-state index in [1.807, 2.05) is 13.8 Å². The van der Waals surface area contributed by atoms with Crippen LogP contribution in [-0.4, -0.2) is 58.0 Å². The van der Waals surface area contributed by atoms with Gasteiger partial charge in [0.1, 0.15) is 24.1 Å². The Bertz CT molecular complexity index is 1340. The number of nitrogens with one attached hydrogen (secondary N) is 1. The second-order valence-electron chi connectivity index (χ2n) is 9.23. The summed E-state index contributed by atoms with van der Waals surface area (Å²) < 4.78 is 39.0. The smallest absolute Gasteiger partial charge is 0.264 e. The van der Waals surface area contributed by atoms with Gasteiger partial charge in [-0.05, 0) is 74.9 Å². The van der Waals surface area contributed by atoms with Crippen molar-refractivity contribution < 1.29 is 27.5 Å². The molecule has 1 unspecified atom stereocenters. The minimum Gasteiger partial charge on any atom is -0.497 e. The van der Waals surface area contributed by atoms with Crippen LogP contribution in [0.2, 0.25) is 0 Å². The number of para-hydroxylation sites is 1. The molecule has 1 atom stereocenters. The van der Waals surface area contributed by atoms with Crippen LogP contribution < -0.4 is 19.1 Å². The molecule has 0 radical (unpaired) electrons. The van der Waals surface area contributed by atoms with Crippen molar-refractivity contribution in [3.05, 3.63) is 84.4 Å². The number of sulfonamides is 1. The molecule has 3 aromatic rings. The first-order valence-electron chi connectivity index (χ1n) is 12.5. The van der Waals surface area contributed by atoms with Gasteiger partial charge in [-0.3, -0.25) is 13.9 Å². The first-order chi connectivity index (χ1) is 18.6. The number of rotatable bonds is 12. The molecule has 208 valence electrons. The lowest BCUT2D eigenvalue weighted by Gasteiger charge is -2.32. The third-order valence-corrected chi connectivity index (χ3v) is 7.87. The summed E-state index contributed by atoms with van der Waals surface area (Å²) in [5.41, 5.74) is 1.09. The lowest BCUT2D eigenvalue weighted by molar-refractivity contribution is -0.139. The summed E-state index contributed by atoms with van der Waals surface area (Å²) in [6, 6.07) is 20.5. The van der Waals surface area contributed by atoms with E-state index in [1.54, 1.807) is 80.8 Å². The Hall–Kier alpha value is -4.05. The summed E-state index contributed by atoms with van der Waals surface area (Å²) in [7, 11) is -1.09. The molecular formula is C29H35N3O6S. The first kappa shape index (κ1) is 29.5. The highest BCUT2D eigenvalue weighted by molar-refractivity contribution is 7.92. The minimum absolute atomic E-state index is 0.00672. The molecule has 3 rings (SSSR count). The molecule has 0 spiro atoms. The maximum absolute atomic E-state index is 13.9. The van der Waals surface area contributed by atoms with Gasteiger partial charge >= 0.3 is 0 Å². The number of benzene rings is 3. The van der Waals surface area contributed by atoms with Gasteiger partial charge in [-0.25, -0.2) is 8.42 Å². The Kier molecular flexibility index (Phi) is 9.95. The molecule has 0 bridgehead atoms. The molecule has 9 nitrogen and oxygen atoms in total. The largest absolute Gasteiger partial charge is 0.497 e. The zero-order valence-electron chi connectivity index (χ0n) is 22.8. The van der Waals surface area contributed by atoms with Crippen LogP contribution in [0.3, 0.4) is 0 Å². The van der Waals surface area contributed by atoms with Gasteiger partial charge < -0.3 is 19.7 Å². The van der Waals surface area contributed by atoms with Crippen LogP contribution in [0.15, 0.2) is 83.8 Å². The normalized spacial score (nSPS) is 11.9. The summed E-state index contributed by atoms with van der Waals surface area (Å²) in [5.74, 6) is 0.296. The van der Waals surface area contributed by atoms with E-state index in [-0.39, 0.29) is 23.4 Å². The standard InChI is InChI=1S/C29H35N3O6S/c1-21(2)30-29(34)22(3)31(19-23-11-13-25(37-4)14-12-23)28(33)20-32(24-9-7-6-8-10-24)39(35,36)27-17-15-26(38-5)16-18-27/h6-18,21-22H,19-20H2,1-5H3,(H,30,34). The van der Waals surface area contributed by atoms with Gasteiger partial charge in [-0.1, -0.05) is 30.3 Å². The summed E-state index contributed by atoms with van der Waals surface area (Å²) in [6.07, 6.45) is 0. The third-order valence-electron chi connectivity index (χ3n) is 6.08. The SMILES string of the molecule is COc1ccc(CN(C(=O)CN(c2ccccc2)S(=O)(=O)c2ccc(OC)cc2)C(C)C(=O)NC(C)C)cc1. The quantitative estimate of drug-likeness (QED) is 0.365. The average Bonchev–Trinajstić information content (AvgIpc) is 2.94. The molecule has 0 aliphatic rings. The predicted molar refractivity (Wildman–Crippen MR) is 150 cm³/mol. The van der Waals surface area contributed by atoms with E-state index in [1.165, 1.54) is 24.1 Å². The lowest BCUT2D eigenvalue weighted by atomic mass is 10.1. The summed E-state index contributed by atoms with van der Waals surface area (Å²) in [4.78, 5) is 28.2. The molecular weight excluding hydrogens is 518 g/mol. The Morgan fingerprint density at radius 2 is 1.36 bits per heavy atom. The Balaban J connectivity index is 1.99. The molecule has 0 saturated heterocycles. The van der Waals surface area contributed by atoms with Gasteiger partial charge in [0.2, 0.25) is 11.8 Å². The first-order valence-corrected chi connectivity index (χ1v) is 14.0. The molecule has 0 aromatic heterocycles. The van der Waals surface area contributed by atoms with Crippen molar-refractivity contribution in [2.24, 2.45) is 0 Å². The van der Waals surface area contributed by atoms with Crippen LogP contribution in [0.25, 0.3) is 0 Å². The number of carbonyl (C=O) groups is 2. The molecule has 1 N–H and O–H groups in total. The van der Waals surface area contributed by atoms with E-state index >= 15 is 0 Å². The van der Waals surface area contributed by atoms with E-state index in [0.29, 0.717) is 17.2 Å². The van der Waals surface area contributed by atoms with Crippen molar-refractivity contribution >= 4 is 27.5 Å². The predicted octanol–water partition coefficient (Wildman–Crippen LogP) is 3.84. The highest BCUT2D eigenvalue weighted by Gasteiger charge is 2.32. The number of carbonyl (C=O) groups excluding carboxylic acids is 2.